The number of nitrogens with one attached hydrogen (secondary N) is 1. The molecule has 0 atom stereocenters. The number of phenols is 1. The van der Waals surface area contributed by atoms with Crippen molar-refractivity contribution in [3.05, 3.63) is 54.1 Å². The Kier molecular flexibility index (Phi) is 3.76. The van der Waals surface area contributed by atoms with E-state index >= 15 is 0 Å². The fourth-order valence-corrected chi connectivity index (χ4v) is 2.27. The lowest BCUT2D eigenvalue weighted by atomic mass is 10.2. The van der Waals surface area contributed by atoms with Crippen molar-refractivity contribution in [3.63, 3.8) is 0 Å². The van der Waals surface area contributed by atoms with Crippen molar-refractivity contribution in [2.24, 2.45) is 0 Å². The zero-order valence-corrected chi connectivity index (χ0v) is 11.3. The van der Waals surface area contributed by atoms with E-state index < -0.39 is 9.84 Å². The third-order valence-corrected chi connectivity index (χ3v) is 3.84. The number of anilines is 1. The summed E-state index contributed by atoms with van der Waals surface area (Å²) in [6.07, 6.45) is 1.19. The molecule has 19 heavy (non-hydrogen) atoms. The number of hydrogen-bond acceptors (Lipinski definition) is 4. The van der Waals surface area contributed by atoms with Crippen LogP contribution in [0, 0.1) is 0 Å². The molecule has 2 aromatic rings. The van der Waals surface area contributed by atoms with Gasteiger partial charge >= 0.3 is 0 Å². The molecule has 2 aromatic carbocycles. The Bertz CT molecular complexity index is 646. The lowest BCUT2D eigenvalue weighted by molar-refractivity contribution is 0.475. The predicted molar refractivity (Wildman–Crippen MR) is 75.0 cm³/mol. The lowest BCUT2D eigenvalue weighted by Gasteiger charge is -2.07. The summed E-state index contributed by atoms with van der Waals surface area (Å²) in [6.45, 7) is 0.610. The Morgan fingerprint density at radius 1 is 1.00 bits per heavy atom. The summed E-state index contributed by atoms with van der Waals surface area (Å²) in [4.78, 5) is 0.308. The highest BCUT2D eigenvalue weighted by molar-refractivity contribution is 7.90. The van der Waals surface area contributed by atoms with Gasteiger partial charge in [-0.25, -0.2) is 8.42 Å². The first-order valence-electron chi connectivity index (χ1n) is 5.77. The molecule has 0 saturated carbocycles. The number of aromatic hydroxyl groups is 1. The van der Waals surface area contributed by atoms with E-state index in [0.717, 1.165) is 11.3 Å². The molecular weight excluding hydrogens is 262 g/mol. The average Bonchev–Trinajstić information content (AvgIpc) is 2.37. The van der Waals surface area contributed by atoms with E-state index in [1.807, 2.05) is 12.1 Å². The summed E-state index contributed by atoms with van der Waals surface area (Å²) in [7, 11) is -3.15. The molecule has 0 bridgehead atoms. The van der Waals surface area contributed by atoms with Gasteiger partial charge in [0.25, 0.3) is 0 Å². The smallest absolute Gasteiger partial charge is 0.175 e. The summed E-state index contributed by atoms with van der Waals surface area (Å²) >= 11 is 0. The molecule has 0 aromatic heterocycles. The Labute approximate surface area is 112 Å². The van der Waals surface area contributed by atoms with Gasteiger partial charge in [0, 0.05) is 18.5 Å². The normalized spacial score (nSPS) is 11.2. The lowest BCUT2D eigenvalue weighted by Crippen LogP contribution is -2.00. The number of phenolic OH excluding ortho intramolecular Hbond substituents is 1. The van der Waals surface area contributed by atoms with Crippen LogP contribution < -0.4 is 5.32 Å². The second-order valence-electron chi connectivity index (χ2n) is 4.32. The molecule has 4 nitrogen and oxygen atoms in total. The first-order chi connectivity index (χ1) is 8.95. The van der Waals surface area contributed by atoms with E-state index in [1.54, 1.807) is 36.4 Å². The molecule has 5 heteroatoms. The fourth-order valence-electron chi connectivity index (χ4n) is 1.64. The molecule has 0 aliphatic heterocycles. The van der Waals surface area contributed by atoms with Crippen molar-refractivity contribution in [2.75, 3.05) is 11.6 Å². The molecule has 0 radical (unpaired) electrons. The molecule has 0 amide bonds. The van der Waals surface area contributed by atoms with Crippen molar-refractivity contribution in [3.8, 4) is 5.75 Å². The van der Waals surface area contributed by atoms with Gasteiger partial charge in [0.05, 0.1) is 4.90 Å². The summed E-state index contributed by atoms with van der Waals surface area (Å²) in [5.41, 5.74) is 1.88. The topological polar surface area (TPSA) is 66.4 Å². The van der Waals surface area contributed by atoms with E-state index in [9.17, 15) is 13.5 Å². The van der Waals surface area contributed by atoms with Crippen LogP contribution in [0.3, 0.4) is 0 Å². The van der Waals surface area contributed by atoms with Crippen molar-refractivity contribution in [2.45, 2.75) is 11.4 Å². The summed E-state index contributed by atoms with van der Waals surface area (Å²) in [6, 6.07) is 13.5. The largest absolute Gasteiger partial charge is 0.508 e. The first kappa shape index (κ1) is 13.4. The molecule has 0 aliphatic rings. The van der Waals surface area contributed by atoms with Crippen molar-refractivity contribution >= 4 is 15.5 Å². The van der Waals surface area contributed by atoms with Crippen LogP contribution in [0.2, 0.25) is 0 Å². The predicted octanol–water partition coefficient (Wildman–Crippen LogP) is 2.41. The number of hydrogen-bond donors (Lipinski definition) is 2. The zero-order valence-electron chi connectivity index (χ0n) is 10.5. The van der Waals surface area contributed by atoms with Gasteiger partial charge in [-0.3, -0.25) is 0 Å². The van der Waals surface area contributed by atoms with Crippen LogP contribution in [-0.4, -0.2) is 19.8 Å². The van der Waals surface area contributed by atoms with E-state index in [4.69, 9.17) is 0 Å². The Hall–Kier alpha value is -2.01. The van der Waals surface area contributed by atoms with Gasteiger partial charge in [0.15, 0.2) is 9.84 Å². The molecule has 0 saturated heterocycles. The zero-order chi connectivity index (χ0) is 13.9. The van der Waals surface area contributed by atoms with Crippen LogP contribution in [-0.2, 0) is 16.4 Å². The number of rotatable bonds is 4. The van der Waals surface area contributed by atoms with Gasteiger partial charge in [-0.1, -0.05) is 12.1 Å². The minimum atomic E-state index is -3.15. The summed E-state index contributed by atoms with van der Waals surface area (Å²) in [5, 5.41) is 12.4. The van der Waals surface area contributed by atoms with E-state index in [2.05, 4.69) is 5.32 Å². The molecule has 0 spiro atoms. The van der Waals surface area contributed by atoms with Gasteiger partial charge in [0.1, 0.15) is 5.75 Å². The van der Waals surface area contributed by atoms with Gasteiger partial charge in [-0.05, 0) is 42.0 Å². The van der Waals surface area contributed by atoms with Gasteiger partial charge in [0.2, 0.25) is 0 Å². The third-order valence-electron chi connectivity index (χ3n) is 2.72. The summed E-state index contributed by atoms with van der Waals surface area (Å²) in [5.74, 6) is 0.237. The average molecular weight is 277 g/mol. The van der Waals surface area contributed by atoms with Gasteiger partial charge in [-0.15, -0.1) is 0 Å². The number of benzene rings is 2. The Morgan fingerprint density at radius 2 is 1.58 bits per heavy atom. The van der Waals surface area contributed by atoms with Crippen LogP contribution in [0.15, 0.2) is 53.4 Å². The molecular formula is C14H15NO3S. The van der Waals surface area contributed by atoms with Gasteiger partial charge in [-0.2, -0.15) is 0 Å². The monoisotopic (exact) mass is 277 g/mol. The maximum Gasteiger partial charge on any atom is 0.175 e. The molecule has 0 aliphatic carbocycles. The van der Waals surface area contributed by atoms with Crippen molar-refractivity contribution in [1.29, 1.82) is 0 Å². The Morgan fingerprint density at radius 3 is 2.11 bits per heavy atom. The minimum absolute atomic E-state index is 0.237. The highest BCUT2D eigenvalue weighted by Gasteiger charge is 2.05. The van der Waals surface area contributed by atoms with E-state index in [1.165, 1.54) is 6.26 Å². The maximum absolute atomic E-state index is 11.3. The van der Waals surface area contributed by atoms with Crippen LogP contribution in [0.25, 0.3) is 0 Å². The highest BCUT2D eigenvalue weighted by atomic mass is 32.2. The molecule has 2 rings (SSSR count). The minimum Gasteiger partial charge on any atom is -0.508 e. The standard InChI is InChI=1S/C14H15NO3S/c1-19(17,18)14-8-4-12(5-9-14)15-10-11-2-6-13(16)7-3-11/h2-9,15-16H,10H2,1H3. The van der Waals surface area contributed by atoms with Crippen LogP contribution in [0.5, 0.6) is 5.75 Å². The number of sulfone groups is 1. The second kappa shape index (κ2) is 5.32. The van der Waals surface area contributed by atoms with Crippen molar-refractivity contribution < 1.29 is 13.5 Å². The second-order valence-corrected chi connectivity index (χ2v) is 6.33. The Balaban J connectivity index is 2.02. The fraction of sp³-hybridized carbons (Fsp3) is 0.143. The van der Waals surface area contributed by atoms with Gasteiger partial charge < -0.3 is 10.4 Å². The van der Waals surface area contributed by atoms with Crippen LogP contribution in [0.4, 0.5) is 5.69 Å². The molecule has 2 N–H and O–H groups in total. The molecule has 0 fully saturated rings. The summed E-state index contributed by atoms with van der Waals surface area (Å²) < 4.78 is 22.6. The van der Waals surface area contributed by atoms with Crippen LogP contribution in [0.1, 0.15) is 5.56 Å². The first-order valence-corrected chi connectivity index (χ1v) is 7.66. The van der Waals surface area contributed by atoms with E-state index in [-0.39, 0.29) is 5.75 Å². The highest BCUT2D eigenvalue weighted by Crippen LogP contribution is 2.15. The molecule has 0 heterocycles. The molecule has 0 unspecified atom stereocenters. The molecule has 100 valence electrons. The van der Waals surface area contributed by atoms with Crippen LogP contribution >= 0.6 is 0 Å². The SMILES string of the molecule is CS(=O)(=O)c1ccc(NCc2ccc(O)cc2)cc1. The maximum atomic E-state index is 11.3. The van der Waals surface area contributed by atoms with Crippen molar-refractivity contribution in [1.82, 2.24) is 0 Å². The third kappa shape index (κ3) is 3.72. The quantitative estimate of drug-likeness (QED) is 0.900. The van der Waals surface area contributed by atoms with E-state index in [0.29, 0.717) is 11.4 Å².